The van der Waals surface area contributed by atoms with E-state index in [4.69, 9.17) is 0 Å². The molecule has 0 fully saturated rings. The Bertz CT molecular complexity index is 65.4. The van der Waals surface area contributed by atoms with E-state index in [0.717, 1.165) is 19.6 Å². The fourth-order valence-corrected chi connectivity index (χ4v) is 0.664. The molecule has 0 radical (unpaired) electrons. The molecule has 0 rings (SSSR count). The smallest absolute Gasteiger partial charge is 0.0160 e. The summed E-state index contributed by atoms with van der Waals surface area (Å²) in [5.74, 6) is 0. The first kappa shape index (κ1) is 17.5. The number of rotatable bonds is 4. The van der Waals surface area contributed by atoms with Crippen molar-refractivity contribution in [1.29, 1.82) is 0 Å². The summed E-state index contributed by atoms with van der Waals surface area (Å²) in [5, 5.41) is 0. The van der Waals surface area contributed by atoms with E-state index < -0.39 is 0 Å². The Morgan fingerprint density at radius 1 is 1.08 bits per heavy atom. The molecule has 0 aromatic rings. The molecule has 0 saturated heterocycles. The van der Waals surface area contributed by atoms with E-state index in [-0.39, 0.29) is 0 Å². The number of likely N-dealkylation sites (N-methyl/N-ethyl adjacent to an activating group) is 1. The Kier molecular flexibility index (Phi) is 32.7. The lowest BCUT2D eigenvalue weighted by atomic mass is 10.5. The molecule has 0 saturated carbocycles. The van der Waals surface area contributed by atoms with Crippen molar-refractivity contribution in [3.63, 3.8) is 0 Å². The number of hydrogen-bond acceptors (Lipinski definition) is 1. The van der Waals surface area contributed by atoms with Gasteiger partial charge in [0, 0.05) is 6.54 Å². The minimum Gasteiger partial charge on any atom is -0.300 e. The largest absolute Gasteiger partial charge is 0.300 e. The standard InChI is InChI=1S/C7H15N.C2H6.C2H4/c1-4-7-8(5-2)6-3;2*1-2/h4H,1,5-7H2,2-3H3;1-2H3;1-2H2. The zero-order chi connectivity index (χ0) is 10.4. The highest BCUT2D eigenvalue weighted by atomic mass is 15.1. The maximum Gasteiger partial charge on any atom is 0.0160 e. The van der Waals surface area contributed by atoms with E-state index in [0.29, 0.717) is 0 Å². The average Bonchev–Trinajstić information content (AvgIpc) is 2.20. The molecule has 0 heterocycles. The molecule has 0 N–H and O–H groups in total. The van der Waals surface area contributed by atoms with Crippen LogP contribution in [0.4, 0.5) is 0 Å². The highest BCUT2D eigenvalue weighted by Gasteiger charge is 1.90. The molecule has 0 unspecified atom stereocenters. The van der Waals surface area contributed by atoms with Crippen molar-refractivity contribution < 1.29 is 0 Å². The minimum absolute atomic E-state index is 1.02. The van der Waals surface area contributed by atoms with Crippen molar-refractivity contribution in [3.05, 3.63) is 25.8 Å². The van der Waals surface area contributed by atoms with Gasteiger partial charge in [-0.05, 0) is 13.1 Å². The van der Waals surface area contributed by atoms with Crippen molar-refractivity contribution in [2.75, 3.05) is 19.6 Å². The van der Waals surface area contributed by atoms with Gasteiger partial charge in [-0.1, -0.05) is 33.8 Å². The van der Waals surface area contributed by atoms with E-state index in [9.17, 15) is 0 Å². The van der Waals surface area contributed by atoms with Crippen molar-refractivity contribution in [2.45, 2.75) is 27.7 Å². The van der Waals surface area contributed by atoms with Gasteiger partial charge in [0.2, 0.25) is 0 Å². The van der Waals surface area contributed by atoms with Crippen LogP contribution >= 0.6 is 0 Å². The van der Waals surface area contributed by atoms with Gasteiger partial charge >= 0.3 is 0 Å². The van der Waals surface area contributed by atoms with Crippen molar-refractivity contribution in [1.82, 2.24) is 4.90 Å². The molecule has 0 aliphatic carbocycles. The Morgan fingerprint density at radius 2 is 1.42 bits per heavy atom. The van der Waals surface area contributed by atoms with E-state index in [2.05, 4.69) is 38.5 Å². The molecule has 0 aromatic carbocycles. The molecule has 12 heavy (non-hydrogen) atoms. The van der Waals surface area contributed by atoms with E-state index in [1.165, 1.54) is 0 Å². The van der Waals surface area contributed by atoms with Gasteiger partial charge in [-0.15, -0.1) is 19.7 Å². The van der Waals surface area contributed by atoms with Gasteiger partial charge in [0.25, 0.3) is 0 Å². The van der Waals surface area contributed by atoms with Crippen LogP contribution < -0.4 is 0 Å². The van der Waals surface area contributed by atoms with Crippen LogP contribution in [0.1, 0.15) is 27.7 Å². The second kappa shape index (κ2) is 22.4. The molecule has 0 aromatic heterocycles. The highest BCUT2D eigenvalue weighted by molar-refractivity contribution is 4.71. The van der Waals surface area contributed by atoms with Crippen LogP contribution in [0, 0.1) is 0 Å². The summed E-state index contributed by atoms with van der Waals surface area (Å²) < 4.78 is 0. The van der Waals surface area contributed by atoms with Gasteiger partial charge in [0.05, 0.1) is 0 Å². The number of hydrogen-bond donors (Lipinski definition) is 0. The van der Waals surface area contributed by atoms with Crippen molar-refractivity contribution >= 4 is 0 Å². The van der Waals surface area contributed by atoms with Crippen molar-refractivity contribution in [2.24, 2.45) is 0 Å². The second-order valence-electron chi connectivity index (χ2n) is 1.77. The van der Waals surface area contributed by atoms with Crippen LogP contribution in [0.25, 0.3) is 0 Å². The fraction of sp³-hybridized carbons (Fsp3) is 0.636. The summed E-state index contributed by atoms with van der Waals surface area (Å²) in [5.41, 5.74) is 0. The molecule has 0 aliphatic heterocycles. The van der Waals surface area contributed by atoms with E-state index in [1.54, 1.807) is 0 Å². The summed E-state index contributed by atoms with van der Waals surface area (Å²) in [6.07, 6.45) is 1.94. The lowest BCUT2D eigenvalue weighted by Crippen LogP contribution is -2.22. The predicted molar refractivity (Wildman–Crippen MR) is 60.6 cm³/mol. The first-order chi connectivity index (χ1) is 5.85. The van der Waals surface area contributed by atoms with E-state index >= 15 is 0 Å². The Labute approximate surface area is 78.8 Å². The summed E-state index contributed by atoms with van der Waals surface area (Å²) in [6.45, 7) is 21.2. The van der Waals surface area contributed by atoms with Crippen LogP contribution in [0.15, 0.2) is 25.8 Å². The maximum atomic E-state index is 3.65. The lowest BCUT2D eigenvalue weighted by molar-refractivity contribution is 0.337. The predicted octanol–water partition coefficient (Wildman–Crippen LogP) is 3.34. The van der Waals surface area contributed by atoms with Gasteiger partial charge in [-0.2, -0.15) is 0 Å². The molecular formula is C11H25N. The third-order valence-corrected chi connectivity index (χ3v) is 1.28. The zero-order valence-corrected chi connectivity index (χ0v) is 9.27. The molecule has 0 atom stereocenters. The minimum atomic E-state index is 1.02. The molecule has 0 spiro atoms. The fourth-order valence-electron chi connectivity index (χ4n) is 0.664. The topological polar surface area (TPSA) is 3.24 Å². The Morgan fingerprint density at radius 3 is 1.50 bits per heavy atom. The van der Waals surface area contributed by atoms with Gasteiger partial charge in [-0.3, -0.25) is 0 Å². The molecule has 0 aliphatic rings. The normalized spacial score (nSPS) is 7.42. The summed E-state index contributed by atoms with van der Waals surface area (Å²) in [6, 6.07) is 0. The zero-order valence-electron chi connectivity index (χ0n) is 9.27. The monoisotopic (exact) mass is 171 g/mol. The molecule has 1 heteroatoms. The highest BCUT2D eigenvalue weighted by Crippen LogP contribution is 1.84. The SMILES string of the molecule is C=C.C=CCN(CC)CC.CC. The van der Waals surface area contributed by atoms with Gasteiger partial charge in [0.1, 0.15) is 0 Å². The number of nitrogens with zero attached hydrogens (tertiary/aromatic N) is 1. The first-order valence-electron chi connectivity index (χ1n) is 4.68. The molecule has 0 bridgehead atoms. The third kappa shape index (κ3) is 16.2. The van der Waals surface area contributed by atoms with Crippen molar-refractivity contribution in [3.8, 4) is 0 Å². The van der Waals surface area contributed by atoms with Gasteiger partial charge in [0.15, 0.2) is 0 Å². The summed E-state index contributed by atoms with van der Waals surface area (Å²) in [4.78, 5) is 2.31. The Balaban J connectivity index is -0.000000175. The molecule has 0 amide bonds. The van der Waals surface area contributed by atoms with Crippen LogP contribution in [-0.2, 0) is 0 Å². The molecule has 74 valence electrons. The first-order valence-corrected chi connectivity index (χ1v) is 4.68. The van der Waals surface area contributed by atoms with Gasteiger partial charge < -0.3 is 4.90 Å². The van der Waals surface area contributed by atoms with Crippen LogP contribution in [-0.4, -0.2) is 24.5 Å². The van der Waals surface area contributed by atoms with Crippen LogP contribution in [0.5, 0.6) is 0 Å². The Hall–Kier alpha value is -0.560. The van der Waals surface area contributed by atoms with E-state index in [1.807, 2.05) is 19.9 Å². The molecule has 1 nitrogen and oxygen atoms in total. The van der Waals surface area contributed by atoms with Gasteiger partial charge in [-0.25, -0.2) is 0 Å². The quantitative estimate of drug-likeness (QED) is 0.586. The lowest BCUT2D eigenvalue weighted by Gasteiger charge is -2.14. The summed E-state index contributed by atoms with van der Waals surface area (Å²) in [7, 11) is 0. The average molecular weight is 171 g/mol. The second-order valence-corrected chi connectivity index (χ2v) is 1.77. The molecular weight excluding hydrogens is 146 g/mol. The summed E-state index contributed by atoms with van der Waals surface area (Å²) >= 11 is 0. The van der Waals surface area contributed by atoms with Crippen LogP contribution in [0.3, 0.4) is 0 Å². The van der Waals surface area contributed by atoms with Crippen LogP contribution in [0.2, 0.25) is 0 Å². The maximum absolute atomic E-state index is 3.65. The third-order valence-electron chi connectivity index (χ3n) is 1.28.